The molecule has 2 aromatic rings. The third-order valence-electron chi connectivity index (χ3n) is 3.84. The maximum absolute atomic E-state index is 12.3. The SMILES string of the molecule is COc1cc(N(CC(=O)NCc2ccccn2)C(C)=O)cc(OC)c1OC. The largest absolute Gasteiger partial charge is 0.493 e. The number of carbonyl (C=O) groups excluding carboxylic acids is 2. The van der Waals surface area contributed by atoms with Crippen molar-refractivity contribution in [2.24, 2.45) is 0 Å². The number of benzene rings is 1. The average molecular weight is 373 g/mol. The van der Waals surface area contributed by atoms with Gasteiger partial charge in [0.25, 0.3) is 0 Å². The number of anilines is 1. The maximum Gasteiger partial charge on any atom is 0.240 e. The van der Waals surface area contributed by atoms with E-state index in [4.69, 9.17) is 14.2 Å². The van der Waals surface area contributed by atoms with Gasteiger partial charge in [-0.15, -0.1) is 0 Å². The molecule has 0 radical (unpaired) electrons. The molecule has 8 nitrogen and oxygen atoms in total. The number of methoxy groups -OCH3 is 3. The Bertz CT molecular complexity index is 770. The molecular weight excluding hydrogens is 350 g/mol. The zero-order valence-electron chi connectivity index (χ0n) is 15.8. The van der Waals surface area contributed by atoms with E-state index in [1.54, 1.807) is 24.4 Å². The van der Waals surface area contributed by atoms with Crippen LogP contribution in [-0.2, 0) is 16.1 Å². The predicted molar refractivity (Wildman–Crippen MR) is 100 cm³/mol. The lowest BCUT2D eigenvalue weighted by Gasteiger charge is -2.23. The highest BCUT2D eigenvalue weighted by Gasteiger charge is 2.21. The van der Waals surface area contributed by atoms with E-state index in [2.05, 4.69) is 10.3 Å². The van der Waals surface area contributed by atoms with Crippen molar-refractivity contribution in [2.45, 2.75) is 13.5 Å². The highest BCUT2D eigenvalue weighted by Crippen LogP contribution is 2.41. The van der Waals surface area contributed by atoms with E-state index in [0.29, 0.717) is 22.9 Å². The fraction of sp³-hybridized carbons (Fsp3) is 0.316. The van der Waals surface area contributed by atoms with E-state index >= 15 is 0 Å². The highest BCUT2D eigenvalue weighted by atomic mass is 16.5. The van der Waals surface area contributed by atoms with Gasteiger partial charge in [-0.2, -0.15) is 0 Å². The molecule has 1 aromatic carbocycles. The van der Waals surface area contributed by atoms with Gasteiger partial charge in [-0.25, -0.2) is 0 Å². The monoisotopic (exact) mass is 373 g/mol. The molecule has 0 saturated heterocycles. The molecule has 0 unspecified atom stereocenters. The normalized spacial score (nSPS) is 10.1. The van der Waals surface area contributed by atoms with E-state index in [0.717, 1.165) is 5.69 Å². The van der Waals surface area contributed by atoms with Gasteiger partial charge in [0.15, 0.2) is 11.5 Å². The molecule has 2 rings (SSSR count). The summed E-state index contributed by atoms with van der Waals surface area (Å²) in [6.07, 6.45) is 1.65. The summed E-state index contributed by atoms with van der Waals surface area (Å²) in [6, 6.07) is 8.69. The summed E-state index contributed by atoms with van der Waals surface area (Å²) in [5.41, 5.74) is 1.19. The highest BCUT2D eigenvalue weighted by molar-refractivity contribution is 5.98. The van der Waals surface area contributed by atoms with Gasteiger partial charge in [0.05, 0.1) is 39.3 Å². The molecule has 0 aliphatic heterocycles. The second kappa shape index (κ2) is 9.42. The van der Waals surface area contributed by atoms with Crippen molar-refractivity contribution in [2.75, 3.05) is 32.8 Å². The number of hydrogen-bond donors (Lipinski definition) is 1. The minimum atomic E-state index is -0.315. The van der Waals surface area contributed by atoms with E-state index in [-0.39, 0.29) is 24.9 Å². The molecule has 8 heteroatoms. The molecule has 0 fully saturated rings. The van der Waals surface area contributed by atoms with Crippen molar-refractivity contribution < 1.29 is 23.8 Å². The molecule has 27 heavy (non-hydrogen) atoms. The van der Waals surface area contributed by atoms with Crippen LogP contribution < -0.4 is 24.4 Å². The molecule has 0 aliphatic rings. The van der Waals surface area contributed by atoms with E-state index in [9.17, 15) is 9.59 Å². The Hall–Kier alpha value is -3.29. The van der Waals surface area contributed by atoms with E-state index in [1.165, 1.54) is 33.2 Å². The summed E-state index contributed by atoms with van der Waals surface area (Å²) >= 11 is 0. The first-order valence-electron chi connectivity index (χ1n) is 8.24. The van der Waals surface area contributed by atoms with Crippen LogP contribution in [0.4, 0.5) is 5.69 Å². The Balaban J connectivity index is 2.19. The Morgan fingerprint density at radius 2 is 1.74 bits per heavy atom. The molecule has 0 spiro atoms. The first kappa shape index (κ1) is 20.0. The summed E-state index contributed by atoms with van der Waals surface area (Å²) in [6.45, 7) is 1.51. The summed E-state index contributed by atoms with van der Waals surface area (Å²) in [4.78, 5) is 29.9. The quantitative estimate of drug-likeness (QED) is 0.759. The standard InChI is InChI=1S/C19H23N3O5/c1-13(23)22(12-18(24)21-11-14-7-5-6-8-20-14)15-9-16(25-2)19(27-4)17(10-15)26-3/h5-10H,11-12H2,1-4H3,(H,21,24). The first-order chi connectivity index (χ1) is 13.0. The van der Waals surface area contributed by atoms with Crippen LogP contribution in [0.1, 0.15) is 12.6 Å². The minimum absolute atomic E-state index is 0.152. The van der Waals surface area contributed by atoms with Gasteiger partial charge < -0.3 is 24.4 Å². The summed E-state index contributed by atoms with van der Waals surface area (Å²) in [5, 5.41) is 2.75. The fourth-order valence-corrected chi connectivity index (χ4v) is 2.50. The summed E-state index contributed by atoms with van der Waals surface area (Å²) < 4.78 is 15.9. The second-order valence-electron chi connectivity index (χ2n) is 5.59. The van der Waals surface area contributed by atoms with E-state index in [1.807, 2.05) is 12.1 Å². The lowest BCUT2D eigenvalue weighted by Crippen LogP contribution is -2.39. The fourth-order valence-electron chi connectivity index (χ4n) is 2.50. The zero-order valence-corrected chi connectivity index (χ0v) is 15.8. The number of nitrogens with one attached hydrogen (secondary N) is 1. The van der Waals surface area contributed by atoms with Gasteiger partial charge in [-0.3, -0.25) is 14.6 Å². The van der Waals surface area contributed by atoms with Crippen LogP contribution >= 0.6 is 0 Å². The summed E-state index contributed by atoms with van der Waals surface area (Å²) in [5.74, 6) is 0.590. The molecular formula is C19H23N3O5. The van der Waals surface area contributed by atoms with Crippen LogP contribution in [-0.4, -0.2) is 44.7 Å². The number of amides is 2. The number of rotatable bonds is 8. The number of hydrogen-bond acceptors (Lipinski definition) is 6. The third kappa shape index (κ3) is 5.10. The van der Waals surface area contributed by atoms with Gasteiger partial charge in [0.1, 0.15) is 6.54 Å². The van der Waals surface area contributed by atoms with Gasteiger partial charge in [0.2, 0.25) is 17.6 Å². The molecule has 0 saturated carbocycles. The van der Waals surface area contributed by atoms with Crippen molar-refractivity contribution in [1.29, 1.82) is 0 Å². The van der Waals surface area contributed by atoms with Crippen LogP contribution in [0.15, 0.2) is 36.5 Å². The van der Waals surface area contributed by atoms with Crippen molar-refractivity contribution in [3.8, 4) is 17.2 Å². The Labute approximate surface area is 158 Å². The van der Waals surface area contributed by atoms with Crippen molar-refractivity contribution in [1.82, 2.24) is 10.3 Å². The number of aromatic nitrogens is 1. The van der Waals surface area contributed by atoms with Crippen molar-refractivity contribution in [3.63, 3.8) is 0 Å². The van der Waals surface area contributed by atoms with Gasteiger partial charge >= 0.3 is 0 Å². The lowest BCUT2D eigenvalue weighted by molar-refractivity contribution is -0.123. The first-order valence-corrected chi connectivity index (χ1v) is 8.24. The molecule has 1 N–H and O–H groups in total. The molecule has 0 aliphatic carbocycles. The van der Waals surface area contributed by atoms with E-state index < -0.39 is 0 Å². The minimum Gasteiger partial charge on any atom is -0.493 e. The van der Waals surface area contributed by atoms with Crippen LogP contribution in [0.5, 0.6) is 17.2 Å². The second-order valence-corrected chi connectivity index (χ2v) is 5.59. The molecule has 1 heterocycles. The van der Waals surface area contributed by atoms with Crippen molar-refractivity contribution in [3.05, 3.63) is 42.2 Å². The molecule has 0 atom stereocenters. The zero-order chi connectivity index (χ0) is 19.8. The maximum atomic E-state index is 12.3. The molecule has 144 valence electrons. The van der Waals surface area contributed by atoms with Gasteiger partial charge in [-0.1, -0.05) is 6.07 Å². The number of nitrogens with zero attached hydrogens (tertiary/aromatic N) is 2. The number of pyridine rings is 1. The average Bonchev–Trinajstić information content (AvgIpc) is 2.69. The Kier molecular flexibility index (Phi) is 6.99. The Morgan fingerprint density at radius 1 is 1.07 bits per heavy atom. The molecule has 2 amide bonds. The predicted octanol–water partition coefficient (Wildman–Crippen LogP) is 1.78. The molecule has 0 bridgehead atoms. The van der Waals surface area contributed by atoms with Gasteiger partial charge in [0, 0.05) is 25.3 Å². The van der Waals surface area contributed by atoms with Crippen LogP contribution in [0.3, 0.4) is 0 Å². The number of ether oxygens (including phenoxy) is 3. The third-order valence-corrected chi connectivity index (χ3v) is 3.84. The summed E-state index contributed by atoms with van der Waals surface area (Å²) in [7, 11) is 4.46. The van der Waals surface area contributed by atoms with Crippen LogP contribution in [0.25, 0.3) is 0 Å². The number of carbonyl (C=O) groups is 2. The Morgan fingerprint density at radius 3 is 2.22 bits per heavy atom. The lowest BCUT2D eigenvalue weighted by atomic mass is 10.2. The topological polar surface area (TPSA) is 90.0 Å². The smallest absolute Gasteiger partial charge is 0.240 e. The van der Waals surface area contributed by atoms with Crippen LogP contribution in [0.2, 0.25) is 0 Å². The van der Waals surface area contributed by atoms with Crippen LogP contribution in [0, 0.1) is 0 Å². The van der Waals surface area contributed by atoms with Crippen molar-refractivity contribution >= 4 is 17.5 Å². The molecule has 1 aromatic heterocycles. The van der Waals surface area contributed by atoms with Gasteiger partial charge in [-0.05, 0) is 12.1 Å².